The van der Waals surface area contributed by atoms with Crippen LogP contribution in [-0.2, 0) is 9.59 Å². The molecular formula is C32H26O4. The van der Waals surface area contributed by atoms with Gasteiger partial charge in [-0.25, -0.2) is 9.59 Å². The summed E-state index contributed by atoms with van der Waals surface area (Å²) in [7, 11) is 0. The molecular weight excluding hydrogens is 448 g/mol. The SMILES string of the molecule is C=C/C=C\C(=C)C(=C)/C(=C\C=C)C(=O)Oc1cccc2cccc(OC(=O)/C=C/c3ccccc3)c12. The fourth-order valence-corrected chi connectivity index (χ4v) is 3.34. The summed E-state index contributed by atoms with van der Waals surface area (Å²) in [6.07, 6.45) is 11.0. The second kappa shape index (κ2) is 12.5. The average Bonchev–Trinajstić information content (AvgIpc) is 2.89. The Morgan fingerprint density at radius 2 is 1.42 bits per heavy atom. The van der Waals surface area contributed by atoms with E-state index in [1.54, 1.807) is 48.6 Å². The van der Waals surface area contributed by atoms with E-state index in [0.29, 0.717) is 16.5 Å². The molecule has 3 rings (SSSR count). The van der Waals surface area contributed by atoms with Crippen LogP contribution in [-0.4, -0.2) is 11.9 Å². The Morgan fingerprint density at radius 1 is 0.750 bits per heavy atom. The molecule has 0 N–H and O–H groups in total. The lowest BCUT2D eigenvalue weighted by molar-refractivity contribution is -0.130. The van der Waals surface area contributed by atoms with E-state index >= 15 is 0 Å². The molecule has 178 valence electrons. The maximum Gasteiger partial charge on any atom is 0.344 e. The van der Waals surface area contributed by atoms with Gasteiger partial charge in [-0.15, -0.1) is 0 Å². The van der Waals surface area contributed by atoms with Gasteiger partial charge in [0.25, 0.3) is 0 Å². The Bertz CT molecular complexity index is 1410. The van der Waals surface area contributed by atoms with Crippen LogP contribution in [0, 0.1) is 0 Å². The second-order valence-corrected chi connectivity index (χ2v) is 7.58. The summed E-state index contributed by atoms with van der Waals surface area (Å²) >= 11 is 0. The van der Waals surface area contributed by atoms with Crippen LogP contribution in [0.5, 0.6) is 11.5 Å². The molecule has 3 aromatic carbocycles. The van der Waals surface area contributed by atoms with E-state index < -0.39 is 11.9 Å². The highest BCUT2D eigenvalue weighted by molar-refractivity contribution is 6.01. The Morgan fingerprint density at radius 3 is 2.06 bits per heavy atom. The van der Waals surface area contributed by atoms with Crippen LogP contribution in [0.25, 0.3) is 16.8 Å². The third-order valence-corrected chi connectivity index (χ3v) is 5.10. The standard InChI is InChI=1S/C32H26O4/c1-5-7-14-23(3)24(4)27(13-6-2)32(34)36-29-20-12-18-26-17-11-19-28(31(26)29)35-30(33)22-21-25-15-9-8-10-16-25/h5-22H,1-4H2/b14-7-,22-21+,27-13+. The first-order chi connectivity index (χ1) is 17.4. The Hall–Kier alpha value is -4.96. The number of allylic oxidation sites excluding steroid dienone is 6. The van der Waals surface area contributed by atoms with Crippen molar-refractivity contribution in [1.82, 2.24) is 0 Å². The fourth-order valence-electron chi connectivity index (χ4n) is 3.34. The van der Waals surface area contributed by atoms with Crippen LogP contribution < -0.4 is 9.47 Å². The van der Waals surface area contributed by atoms with Crippen LogP contribution in [0.15, 0.2) is 146 Å². The first-order valence-electron chi connectivity index (χ1n) is 11.1. The molecule has 0 aromatic heterocycles. The van der Waals surface area contributed by atoms with E-state index in [1.807, 2.05) is 42.5 Å². The van der Waals surface area contributed by atoms with E-state index in [-0.39, 0.29) is 17.1 Å². The molecule has 36 heavy (non-hydrogen) atoms. The minimum absolute atomic E-state index is 0.195. The van der Waals surface area contributed by atoms with Crippen LogP contribution in [0.1, 0.15) is 5.56 Å². The van der Waals surface area contributed by atoms with Crippen molar-refractivity contribution in [3.8, 4) is 11.5 Å². The number of carbonyl (C=O) groups is 2. The van der Waals surface area contributed by atoms with Crippen molar-refractivity contribution >= 4 is 28.8 Å². The van der Waals surface area contributed by atoms with Gasteiger partial charge in [0, 0.05) is 6.08 Å². The van der Waals surface area contributed by atoms with Crippen molar-refractivity contribution < 1.29 is 19.1 Å². The van der Waals surface area contributed by atoms with Crippen molar-refractivity contribution in [3.05, 3.63) is 152 Å². The van der Waals surface area contributed by atoms with Crippen LogP contribution in [0.3, 0.4) is 0 Å². The van der Waals surface area contributed by atoms with Gasteiger partial charge in [-0.2, -0.15) is 0 Å². The van der Waals surface area contributed by atoms with Gasteiger partial charge < -0.3 is 9.47 Å². The number of hydrogen-bond acceptors (Lipinski definition) is 4. The monoisotopic (exact) mass is 474 g/mol. The highest BCUT2D eigenvalue weighted by Gasteiger charge is 2.19. The first-order valence-corrected chi connectivity index (χ1v) is 11.1. The second-order valence-electron chi connectivity index (χ2n) is 7.58. The minimum atomic E-state index is -0.648. The predicted molar refractivity (Wildman–Crippen MR) is 147 cm³/mol. The van der Waals surface area contributed by atoms with Gasteiger partial charge in [0.1, 0.15) is 11.5 Å². The number of rotatable bonds is 10. The van der Waals surface area contributed by atoms with Gasteiger partial charge in [-0.1, -0.05) is 105 Å². The average molecular weight is 475 g/mol. The Labute approximate surface area is 211 Å². The third-order valence-electron chi connectivity index (χ3n) is 5.10. The molecule has 0 radical (unpaired) electrons. The molecule has 0 fully saturated rings. The first kappa shape index (κ1) is 25.7. The van der Waals surface area contributed by atoms with Crippen molar-refractivity contribution in [2.75, 3.05) is 0 Å². The number of esters is 2. The fraction of sp³-hybridized carbons (Fsp3) is 0. The predicted octanol–water partition coefficient (Wildman–Crippen LogP) is 7.33. The van der Waals surface area contributed by atoms with E-state index in [2.05, 4.69) is 26.3 Å². The van der Waals surface area contributed by atoms with Crippen molar-refractivity contribution in [3.63, 3.8) is 0 Å². The topological polar surface area (TPSA) is 52.6 Å². The Balaban J connectivity index is 1.90. The quantitative estimate of drug-likeness (QED) is 0.134. The van der Waals surface area contributed by atoms with Gasteiger partial charge in [-0.3, -0.25) is 0 Å². The molecule has 0 atom stereocenters. The van der Waals surface area contributed by atoms with Crippen molar-refractivity contribution in [1.29, 1.82) is 0 Å². The number of hydrogen-bond donors (Lipinski definition) is 0. The van der Waals surface area contributed by atoms with E-state index in [1.165, 1.54) is 18.2 Å². The number of benzene rings is 3. The molecule has 0 bridgehead atoms. The van der Waals surface area contributed by atoms with Crippen molar-refractivity contribution in [2.24, 2.45) is 0 Å². The van der Waals surface area contributed by atoms with Crippen LogP contribution in [0.4, 0.5) is 0 Å². The van der Waals surface area contributed by atoms with Crippen molar-refractivity contribution in [2.45, 2.75) is 0 Å². The molecule has 3 aromatic rings. The summed E-state index contributed by atoms with van der Waals surface area (Å²) in [5, 5.41) is 1.23. The van der Waals surface area contributed by atoms with E-state index in [9.17, 15) is 9.59 Å². The largest absolute Gasteiger partial charge is 0.423 e. The molecule has 0 saturated carbocycles. The summed E-state index contributed by atoms with van der Waals surface area (Å²) in [6.45, 7) is 15.2. The summed E-state index contributed by atoms with van der Waals surface area (Å²) < 4.78 is 11.4. The lowest BCUT2D eigenvalue weighted by Gasteiger charge is -2.14. The molecule has 0 amide bonds. The summed E-state index contributed by atoms with van der Waals surface area (Å²) in [4.78, 5) is 25.7. The molecule has 0 aliphatic rings. The summed E-state index contributed by atoms with van der Waals surface area (Å²) in [5.74, 6) is -0.697. The molecule has 4 nitrogen and oxygen atoms in total. The minimum Gasteiger partial charge on any atom is -0.423 e. The maximum absolute atomic E-state index is 13.2. The van der Waals surface area contributed by atoms with E-state index in [0.717, 1.165) is 10.9 Å². The zero-order chi connectivity index (χ0) is 25.9. The normalized spacial score (nSPS) is 11.4. The van der Waals surface area contributed by atoms with Gasteiger partial charge in [0.05, 0.1) is 11.0 Å². The molecule has 0 heterocycles. The number of carbonyl (C=O) groups excluding carboxylic acids is 2. The van der Waals surface area contributed by atoms with Gasteiger partial charge in [0.15, 0.2) is 0 Å². The maximum atomic E-state index is 13.2. The number of ether oxygens (including phenoxy) is 2. The van der Waals surface area contributed by atoms with Gasteiger partial charge in [0.2, 0.25) is 0 Å². The highest BCUT2D eigenvalue weighted by atomic mass is 16.5. The smallest absolute Gasteiger partial charge is 0.344 e. The third kappa shape index (κ3) is 6.55. The Kier molecular flexibility index (Phi) is 8.90. The molecule has 0 unspecified atom stereocenters. The molecule has 0 saturated heterocycles. The lowest BCUT2D eigenvalue weighted by atomic mass is 10.00. The van der Waals surface area contributed by atoms with Crippen LogP contribution >= 0.6 is 0 Å². The van der Waals surface area contributed by atoms with E-state index in [4.69, 9.17) is 9.47 Å². The molecule has 0 spiro atoms. The summed E-state index contributed by atoms with van der Waals surface area (Å²) in [6, 6.07) is 19.9. The van der Waals surface area contributed by atoms with Gasteiger partial charge >= 0.3 is 11.9 Å². The molecule has 0 aliphatic carbocycles. The molecule has 0 aliphatic heterocycles. The van der Waals surface area contributed by atoms with Crippen LogP contribution in [0.2, 0.25) is 0 Å². The van der Waals surface area contributed by atoms with Gasteiger partial charge in [-0.05, 0) is 46.4 Å². The lowest BCUT2D eigenvalue weighted by Crippen LogP contribution is -2.14. The summed E-state index contributed by atoms with van der Waals surface area (Å²) in [5.41, 5.74) is 1.97. The highest BCUT2D eigenvalue weighted by Crippen LogP contribution is 2.35. The molecule has 4 heteroatoms. The zero-order valence-electron chi connectivity index (χ0n) is 19.9. The number of fused-ring (bicyclic) bond motifs is 1. The zero-order valence-corrected chi connectivity index (χ0v) is 19.9.